The molecule has 18 heavy (non-hydrogen) atoms. The first-order valence-corrected chi connectivity index (χ1v) is 6.24. The summed E-state index contributed by atoms with van der Waals surface area (Å²) >= 11 is 0. The fourth-order valence-corrected chi connectivity index (χ4v) is 3.40. The van der Waals surface area contributed by atoms with Crippen molar-refractivity contribution in [3.8, 4) is 0 Å². The maximum Gasteiger partial charge on any atom is 0.345 e. The average molecular weight is 243 g/mol. The summed E-state index contributed by atoms with van der Waals surface area (Å²) < 4.78 is 0. The number of rotatable bonds is 0. The molecule has 1 heterocycles. The molecular formula is C14H17N3O. The minimum absolute atomic E-state index is 0.168. The zero-order valence-electron chi connectivity index (χ0n) is 10.7. The number of H-pyrrole nitrogens is 1. The van der Waals surface area contributed by atoms with E-state index in [0.717, 1.165) is 17.7 Å². The number of aromatic nitrogens is 2. The standard InChI is InChI=1S/C14H17N3O/c1-3-11-9-4-8(2)5-14(11,15)6-12-10(9)7-16-13(18)17-12/h3-4,7,9H,5-6,15H2,1-2H3,(H,16,17,18)/b11-3+/t9-,14-/m0/s1. The van der Waals surface area contributed by atoms with Crippen LogP contribution in [0.1, 0.15) is 37.4 Å². The molecule has 2 aliphatic rings. The van der Waals surface area contributed by atoms with Crippen LogP contribution in [0.15, 0.2) is 34.3 Å². The lowest BCUT2D eigenvalue weighted by Gasteiger charge is -2.44. The van der Waals surface area contributed by atoms with Crippen molar-refractivity contribution in [2.75, 3.05) is 0 Å². The molecule has 4 nitrogen and oxygen atoms in total. The van der Waals surface area contributed by atoms with Crippen molar-refractivity contribution in [2.45, 2.75) is 38.1 Å². The summed E-state index contributed by atoms with van der Waals surface area (Å²) in [6.45, 7) is 4.15. The van der Waals surface area contributed by atoms with E-state index < -0.39 is 0 Å². The SMILES string of the molecule is C/C=C1\[C@H]2C=C(C)C[C@]1(N)Cc1[nH]c(=O)ncc12. The number of fused-ring (bicyclic) bond motifs is 4. The number of nitrogens with zero attached hydrogens (tertiary/aromatic N) is 1. The number of hydrogen-bond acceptors (Lipinski definition) is 3. The van der Waals surface area contributed by atoms with Crippen molar-refractivity contribution in [1.82, 2.24) is 9.97 Å². The molecule has 0 radical (unpaired) electrons. The molecule has 2 atom stereocenters. The third-order valence-electron chi connectivity index (χ3n) is 4.02. The van der Waals surface area contributed by atoms with Crippen LogP contribution in [-0.4, -0.2) is 15.5 Å². The summed E-state index contributed by atoms with van der Waals surface area (Å²) in [4.78, 5) is 18.0. The van der Waals surface area contributed by atoms with E-state index in [4.69, 9.17) is 5.73 Å². The molecule has 0 unspecified atom stereocenters. The largest absolute Gasteiger partial charge is 0.345 e. The Hall–Kier alpha value is -1.68. The molecule has 0 spiro atoms. The second-order valence-corrected chi connectivity index (χ2v) is 5.37. The number of allylic oxidation sites excluding steroid dienone is 2. The Bertz CT molecular complexity index is 626. The van der Waals surface area contributed by atoms with Gasteiger partial charge in [-0.25, -0.2) is 9.78 Å². The summed E-state index contributed by atoms with van der Waals surface area (Å²) in [6, 6.07) is 0. The van der Waals surface area contributed by atoms with Gasteiger partial charge in [0.2, 0.25) is 0 Å². The van der Waals surface area contributed by atoms with Crippen LogP contribution in [-0.2, 0) is 6.42 Å². The van der Waals surface area contributed by atoms with Gasteiger partial charge in [0.25, 0.3) is 0 Å². The highest BCUT2D eigenvalue weighted by Crippen LogP contribution is 2.46. The van der Waals surface area contributed by atoms with Crippen LogP contribution >= 0.6 is 0 Å². The highest BCUT2D eigenvalue weighted by Gasteiger charge is 2.42. The summed E-state index contributed by atoms with van der Waals surface area (Å²) in [5, 5.41) is 0. The fourth-order valence-electron chi connectivity index (χ4n) is 3.40. The van der Waals surface area contributed by atoms with Gasteiger partial charge >= 0.3 is 5.69 Å². The van der Waals surface area contributed by atoms with Gasteiger partial charge in [0.1, 0.15) is 0 Å². The van der Waals surface area contributed by atoms with Gasteiger partial charge in [-0.1, -0.05) is 17.7 Å². The maximum absolute atomic E-state index is 11.3. The molecule has 0 aromatic carbocycles. The van der Waals surface area contributed by atoms with Gasteiger partial charge in [0.05, 0.1) is 0 Å². The van der Waals surface area contributed by atoms with Crippen LogP contribution in [0.5, 0.6) is 0 Å². The molecule has 0 fully saturated rings. The topological polar surface area (TPSA) is 71.8 Å². The molecule has 1 aromatic rings. The number of nitrogens with one attached hydrogen (secondary N) is 1. The fraction of sp³-hybridized carbons (Fsp3) is 0.429. The molecule has 1 aromatic heterocycles. The molecule has 3 rings (SSSR count). The molecule has 0 amide bonds. The summed E-state index contributed by atoms with van der Waals surface area (Å²) in [5.41, 5.74) is 10.5. The monoisotopic (exact) mass is 243 g/mol. The quantitative estimate of drug-likeness (QED) is 0.677. The molecular weight excluding hydrogens is 226 g/mol. The second-order valence-electron chi connectivity index (χ2n) is 5.37. The van der Waals surface area contributed by atoms with Crippen LogP contribution < -0.4 is 11.4 Å². The first kappa shape index (κ1) is 11.4. The summed E-state index contributed by atoms with van der Waals surface area (Å²) in [5.74, 6) is 0.168. The number of nitrogens with two attached hydrogens (primary N) is 1. The van der Waals surface area contributed by atoms with Gasteiger partial charge in [-0.3, -0.25) is 0 Å². The van der Waals surface area contributed by atoms with Gasteiger partial charge < -0.3 is 10.7 Å². The third-order valence-corrected chi connectivity index (χ3v) is 4.02. The molecule has 0 aliphatic heterocycles. The zero-order chi connectivity index (χ0) is 12.9. The minimum atomic E-state index is -0.352. The second kappa shape index (κ2) is 3.65. The van der Waals surface area contributed by atoms with Crippen LogP contribution in [0.2, 0.25) is 0 Å². The van der Waals surface area contributed by atoms with E-state index >= 15 is 0 Å². The summed E-state index contributed by atoms with van der Waals surface area (Å²) in [7, 11) is 0. The van der Waals surface area contributed by atoms with Crippen LogP contribution in [0.4, 0.5) is 0 Å². The van der Waals surface area contributed by atoms with Crippen LogP contribution in [0.25, 0.3) is 0 Å². The Morgan fingerprint density at radius 1 is 1.56 bits per heavy atom. The molecule has 3 N–H and O–H groups in total. The molecule has 0 saturated carbocycles. The number of aromatic amines is 1. The van der Waals surface area contributed by atoms with Gasteiger partial charge in [-0.15, -0.1) is 0 Å². The normalized spacial score (nSPS) is 32.1. The molecule has 2 aliphatic carbocycles. The Kier molecular flexibility index (Phi) is 2.32. The predicted octanol–water partition coefficient (Wildman–Crippen LogP) is 1.40. The lowest BCUT2D eigenvalue weighted by atomic mass is 9.64. The van der Waals surface area contributed by atoms with E-state index in [2.05, 4.69) is 29.0 Å². The molecule has 94 valence electrons. The summed E-state index contributed by atoms with van der Waals surface area (Å²) in [6.07, 6.45) is 7.57. The minimum Gasteiger partial charge on any atom is -0.321 e. The first-order chi connectivity index (χ1) is 8.53. The predicted molar refractivity (Wildman–Crippen MR) is 70.4 cm³/mol. The van der Waals surface area contributed by atoms with E-state index in [1.165, 1.54) is 11.1 Å². The van der Waals surface area contributed by atoms with Gasteiger partial charge in [-0.2, -0.15) is 0 Å². The highest BCUT2D eigenvalue weighted by atomic mass is 16.1. The van der Waals surface area contributed by atoms with E-state index in [1.807, 2.05) is 6.92 Å². The van der Waals surface area contributed by atoms with Crippen LogP contribution in [0, 0.1) is 0 Å². The van der Waals surface area contributed by atoms with Gasteiger partial charge in [0, 0.05) is 35.3 Å². The molecule has 2 bridgehead atoms. The van der Waals surface area contributed by atoms with Crippen molar-refractivity contribution in [2.24, 2.45) is 5.73 Å². The van der Waals surface area contributed by atoms with Crippen molar-refractivity contribution in [3.05, 3.63) is 51.2 Å². The molecule has 0 saturated heterocycles. The number of hydrogen-bond donors (Lipinski definition) is 2. The Balaban J connectivity index is 2.28. The van der Waals surface area contributed by atoms with E-state index in [1.54, 1.807) is 6.20 Å². The maximum atomic E-state index is 11.3. The Labute approximate surface area is 106 Å². The van der Waals surface area contributed by atoms with E-state index in [0.29, 0.717) is 6.42 Å². The average Bonchev–Trinajstić information content (AvgIpc) is 2.26. The van der Waals surface area contributed by atoms with Crippen LogP contribution in [0.3, 0.4) is 0 Å². The van der Waals surface area contributed by atoms with Crippen molar-refractivity contribution in [3.63, 3.8) is 0 Å². The van der Waals surface area contributed by atoms with Gasteiger partial charge in [-0.05, 0) is 25.8 Å². The highest BCUT2D eigenvalue weighted by molar-refractivity contribution is 5.50. The van der Waals surface area contributed by atoms with Crippen molar-refractivity contribution in [1.29, 1.82) is 0 Å². The first-order valence-electron chi connectivity index (χ1n) is 6.24. The molecule has 4 heteroatoms. The van der Waals surface area contributed by atoms with Crippen molar-refractivity contribution >= 4 is 0 Å². The zero-order valence-corrected chi connectivity index (χ0v) is 10.7. The Morgan fingerprint density at radius 3 is 3.06 bits per heavy atom. The lowest BCUT2D eigenvalue weighted by molar-refractivity contribution is 0.424. The van der Waals surface area contributed by atoms with E-state index in [-0.39, 0.29) is 17.1 Å². The van der Waals surface area contributed by atoms with Gasteiger partial charge in [0.15, 0.2) is 0 Å². The van der Waals surface area contributed by atoms with E-state index in [9.17, 15) is 4.79 Å². The third kappa shape index (κ3) is 1.49. The van der Waals surface area contributed by atoms with Crippen molar-refractivity contribution < 1.29 is 0 Å². The Morgan fingerprint density at radius 2 is 2.33 bits per heavy atom. The lowest BCUT2D eigenvalue weighted by Crippen LogP contribution is -2.51. The smallest absolute Gasteiger partial charge is 0.321 e.